The molecule has 0 saturated heterocycles. The molecule has 1 aliphatic rings. The lowest BCUT2D eigenvalue weighted by molar-refractivity contribution is 0.104. The van der Waals surface area contributed by atoms with Gasteiger partial charge in [-0.05, 0) is 60.0 Å². The van der Waals surface area contributed by atoms with Crippen LogP contribution in [0.2, 0.25) is 5.02 Å². The van der Waals surface area contributed by atoms with Gasteiger partial charge in [0.15, 0.2) is 0 Å². The zero-order chi connectivity index (χ0) is 21.5. The van der Waals surface area contributed by atoms with Gasteiger partial charge >= 0.3 is 0 Å². The fourth-order valence-corrected chi connectivity index (χ4v) is 5.08. The van der Waals surface area contributed by atoms with Crippen LogP contribution in [0, 0.1) is 0 Å². The molecule has 0 saturated carbocycles. The molecule has 1 aliphatic heterocycles. The first kappa shape index (κ1) is 20.4. The Kier molecular flexibility index (Phi) is 5.26. The lowest BCUT2D eigenvalue weighted by Gasteiger charge is -2.29. The Morgan fingerprint density at radius 3 is 2.17 bits per heavy atom. The van der Waals surface area contributed by atoms with Gasteiger partial charge in [-0.1, -0.05) is 49.7 Å². The highest BCUT2D eigenvalue weighted by atomic mass is 35.5. The van der Waals surface area contributed by atoms with Gasteiger partial charge in [0.2, 0.25) is 15.6 Å². The zero-order valence-electron chi connectivity index (χ0n) is 16.5. The van der Waals surface area contributed by atoms with Crippen molar-refractivity contribution in [3.05, 3.63) is 100 Å². The molecule has 0 atom stereocenters. The van der Waals surface area contributed by atoms with Gasteiger partial charge in [0.25, 0.3) is 0 Å². The number of carbonyl (C=O) groups is 1. The Morgan fingerprint density at radius 1 is 0.900 bits per heavy atom. The van der Waals surface area contributed by atoms with E-state index in [9.17, 15) is 13.2 Å². The van der Waals surface area contributed by atoms with Crippen LogP contribution in [0.3, 0.4) is 0 Å². The maximum atomic E-state index is 13.3. The molecular formula is C24H20ClNO3S. The molecular weight excluding hydrogens is 418 g/mol. The third kappa shape index (κ3) is 3.55. The molecule has 152 valence electrons. The van der Waals surface area contributed by atoms with E-state index in [-0.39, 0.29) is 15.4 Å². The standard InChI is InChI=1S/C24H20ClNO3S/c1-16(2)17-9-13-20(14-10-17)26-15-23(24(27)18-7-11-19(25)12-8-18)30(28,29)22-6-4-3-5-21(22)26/h3-16H,1-2H3. The van der Waals surface area contributed by atoms with Gasteiger partial charge in [0, 0.05) is 22.5 Å². The normalized spacial score (nSPS) is 14.9. The highest BCUT2D eigenvalue weighted by molar-refractivity contribution is 7.96. The van der Waals surface area contributed by atoms with Crippen LogP contribution in [-0.2, 0) is 9.84 Å². The summed E-state index contributed by atoms with van der Waals surface area (Å²) in [6, 6.07) is 20.8. The summed E-state index contributed by atoms with van der Waals surface area (Å²) < 4.78 is 26.5. The minimum Gasteiger partial charge on any atom is -0.314 e. The lowest BCUT2D eigenvalue weighted by atomic mass is 10.0. The topological polar surface area (TPSA) is 54.5 Å². The first-order valence-electron chi connectivity index (χ1n) is 9.54. The second-order valence-electron chi connectivity index (χ2n) is 7.42. The quantitative estimate of drug-likeness (QED) is 0.462. The van der Waals surface area contributed by atoms with E-state index in [0.29, 0.717) is 16.6 Å². The predicted octanol–water partition coefficient (Wildman–Crippen LogP) is 6.11. The number of hydrogen-bond donors (Lipinski definition) is 0. The van der Waals surface area contributed by atoms with Gasteiger partial charge in [-0.2, -0.15) is 0 Å². The third-order valence-electron chi connectivity index (χ3n) is 5.12. The summed E-state index contributed by atoms with van der Waals surface area (Å²) >= 11 is 5.91. The average molecular weight is 438 g/mol. The molecule has 0 bridgehead atoms. The van der Waals surface area contributed by atoms with Gasteiger partial charge in [0.05, 0.1) is 10.6 Å². The van der Waals surface area contributed by atoms with Crippen LogP contribution < -0.4 is 4.90 Å². The van der Waals surface area contributed by atoms with Crippen LogP contribution in [0.4, 0.5) is 11.4 Å². The van der Waals surface area contributed by atoms with E-state index in [2.05, 4.69) is 13.8 Å². The summed E-state index contributed by atoms with van der Waals surface area (Å²) in [7, 11) is -3.97. The van der Waals surface area contributed by atoms with E-state index < -0.39 is 15.6 Å². The predicted molar refractivity (Wildman–Crippen MR) is 120 cm³/mol. The maximum Gasteiger partial charge on any atom is 0.214 e. The van der Waals surface area contributed by atoms with E-state index in [1.54, 1.807) is 35.2 Å². The molecule has 0 aliphatic carbocycles. The molecule has 0 N–H and O–H groups in total. The maximum absolute atomic E-state index is 13.3. The van der Waals surface area contributed by atoms with Crippen molar-refractivity contribution in [2.45, 2.75) is 24.7 Å². The molecule has 0 amide bonds. The minimum absolute atomic E-state index is 0.109. The number of rotatable bonds is 4. The Labute approximate surface area is 181 Å². The summed E-state index contributed by atoms with van der Waals surface area (Å²) in [4.78, 5) is 14.7. The van der Waals surface area contributed by atoms with Crippen molar-refractivity contribution in [2.75, 3.05) is 4.90 Å². The number of allylic oxidation sites excluding steroid dienone is 1. The van der Waals surface area contributed by atoms with Crippen molar-refractivity contribution in [1.29, 1.82) is 0 Å². The fourth-order valence-electron chi connectivity index (χ4n) is 3.42. The Balaban J connectivity index is 1.87. The van der Waals surface area contributed by atoms with Crippen molar-refractivity contribution in [2.24, 2.45) is 0 Å². The van der Waals surface area contributed by atoms with Gasteiger partial charge < -0.3 is 4.90 Å². The third-order valence-corrected chi connectivity index (χ3v) is 7.16. The number of carbonyl (C=O) groups excluding carboxylic acids is 1. The zero-order valence-corrected chi connectivity index (χ0v) is 18.1. The molecule has 3 aromatic carbocycles. The van der Waals surface area contributed by atoms with Crippen molar-refractivity contribution in [3.63, 3.8) is 0 Å². The molecule has 0 unspecified atom stereocenters. The molecule has 30 heavy (non-hydrogen) atoms. The highest BCUT2D eigenvalue weighted by Gasteiger charge is 2.36. The number of sulfone groups is 1. The molecule has 1 heterocycles. The van der Waals surface area contributed by atoms with E-state index in [4.69, 9.17) is 11.6 Å². The lowest BCUT2D eigenvalue weighted by Crippen LogP contribution is -2.25. The number of para-hydroxylation sites is 1. The minimum atomic E-state index is -3.97. The van der Waals surface area contributed by atoms with Gasteiger partial charge in [-0.3, -0.25) is 4.79 Å². The largest absolute Gasteiger partial charge is 0.314 e. The molecule has 0 spiro atoms. The van der Waals surface area contributed by atoms with E-state index in [0.717, 1.165) is 5.69 Å². The van der Waals surface area contributed by atoms with E-state index >= 15 is 0 Å². The van der Waals surface area contributed by atoms with Crippen LogP contribution >= 0.6 is 11.6 Å². The molecule has 3 aromatic rings. The van der Waals surface area contributed by atoms with Crippen molar-refractivity contribution in [3.8, 4) is 0 Å². The SMILES string of the molecule is CC(C)c1ccc(N2C=C(C(=O)c3ccc(Cl)cc3)S(=O)(=O)c3ccccc32)cc1. The Morgan fingerprint density at radius 2 is 1.53 bits per heavy atom. The summed E-state index contributed by atoms with van der Waals surface area (Å²) in [5, 5.41) is 0.476. The number of halogens is 1. The van der Waals surface area contributed by atoms with Crippen LogP contribution in [-0.4, -0.2) is 14.2 Å². The molecule has 0 radical (unpaired) electrons. The molecule has 4 nitrogen and oxygen atoms in total. The van der Waals surface area contributed by atoms with E-state index in [1.807, 2.05) is 24.3 Å². The molecule has 6 heteroatoms. The molecule has 0 fully saturated rings. The Hall–Kier alpha value is -2.89. The second kappa shape index (κ2) is 7.74. The monoisotopic (exact) mass is 437 g/mol. The second-order valence-corrected chi connectivity index (χ2v) is 9.74. The van der Waals surface area contributed by atoms with E-state index in [1.165, 1.54) is 30.0 Å². The van der Waals surface area contributed by atoms with Crippen molar-refractivity contribution in [1.82, 2.24) is 0 Å². The van der Waals surface area contributed by atoms with Gasteiger partial charge in [0.1, 0.15) is 4.91 Å². The van der Waals surface area contributed by atoms with Crippen molar-refractivity contribution < 1.29 is 13.2 Å². The number of hydrogen-bond acceptors (Lipinski definition) is 4. The van der Waals surface area contributed by atoms with Crippen LogP contribution in [0.1, 0.15) is 35.7 Å². The van der Waals surface area contributed by atoms with Gasteiger partial charge in [-0.15, -0.1) is 0 Å². The van der Waals surface area contributed by atoms with Crippen LogP contribution in [0.5, 0.6) is 0 Å². The first-order chi connectivity index (χ1) is 14.3. The number of nitrogens with zero attached hydrogens (tertiary/aromatic N) is 1. The summed E-state index contributed by atoms with van der Waals surface area (Å²) in [5.41, 5.74) is 2.74. The summed E-state index contributed by atoms with van der Waals surface area (Å²) in [6.07, 6.45) is 1.42. The molecule has 4 rings (SSSR count). The summed E-state index contributed by atoms with van der Waals surface area (Å²) in [5.74, 6) is -0.185. The number of fused-ring (bicyclic) bond motifs is 1. The highest BCUT2D eigenvalue weighted by Crippen LogP contribution is 2.40. The van der Waals surface area contributed by atoms with Crippen LogP contribution in [0.25, 0.3) is 0 Å². The summed E-state index contributed by atoms with van der Waals surface area (Å²) in [6.45, 7) is 4.22. The first-order valence-corrected chi connectivity index (χ1v) is 11.4. The smallest absolute Gasteiger partial charge is 0.214 e. The number of Topliss-reactive ketones (excluding diaryl/α,β-unsaturated/α-hetero) is 1. The van der Waals surface area contributed by atoms with Gasteiger partial charge in [-0.25, -0.2) is 8.42 Å². The Bertz CT molecular complexity index is 1240. The average Bonchev–Trinajstić information content (AvgIpc) is 2.74. The van der Waals surface area contributed by atoms with Crippen molar-refractivity contribution >= 4 is 38.6 Å². The van der Waals surface area contributed by atoms with Crippen LogP contribution in [0.15, 0.2) is 88.8 Å². The molecule has 0 aromatic heterocycles. The fraction of sp³-hybridized carbons (Fsp3) is 0.125. The number of anilines is 2. The number of benzene rings is 3. The number of ketones is 1.